The van der Waals surface area contributed by atoms with Gasteiger partial charge in [0.05, 0.1) is 16.5 Å². The van der Waals surface area contributed by atoms with Gasteiger partial charge in [-0.3, -0.25) is 4.79 Å². The number of carbonyl (C=O) groups is 2. The Labute approximate surface area is 151 Å². The fourth-order valence-corrected chi connectivity index (χ4v) is 4.64. The predicted molar refractivity (Wildman–Crippen MR) is 95.0 cm³/mol. The number of carboxylic acid groups (broad SMARTS) is 1. The van der Waals surface area contributed by atoms with Crippen LogP contribution in [0.2, 0.25) is 0 Å². The first-order valence-electron chi connectivity index (χ1n) is 7.46. The van der Waals surface area contributed by atoms with Crippen LogP contribution in [0.25, 0.3) is 0 Å². The standard InChI is InChI=1S/C17H16BrNO4S/c1-23-17-12(18)8-13(24-17)15(20)19-14(16(21)22)11-7-6-9-4-2-3-5-10(9)11/h2-5,8,11,14H,6-7H2,1H3,(H,19,20)(H,21,22). The smallest absolute Gasteiger partial charge is 0.326 e. The number of benzene rings is 1. The highest BCUT2D eigenvalue weighted by Gasteiger charge is 2.35. The van der Waals surface area contributed by atoms with E-state index in [1.165, 1.54) is 18.4 Å². The van der Waals surface area contributed by atoms with Crippen molar-refractivity contribution in [1.82, 2.24) is 5.32 Å². The van der Waals surface area contributed by atoms with Gasteiger partial charge >= 0.3 is 5.97 Å². The number of carbonyl (C=O) groups excluding carboxylic acids is 1. The van der Waals surface area contributed by atoms with Crippen molar-refractivity contribution in [2.45, 2.75) is 24.8 Å². The van der Waals surface area contributed by atoms with E-state index in [4.69, 9.17) is 4.74 Å². The second kappa shape index (κ2) is 6.94. The molecule has 2 atom stereocenters. The van der Waals surface area contributed by atoms with Crippen LogP contribution in [-0.4, -0.2) is 30.1 Å². The molecule has 0 bridgehead atoms. The Bertz CT molecular complexity index is 789. The summed E-state index contributed by atoms with van der Waals surface area (Å²) in [6.45, 7) is 0. The largest absolute Gasteiger partial charge is 0.486 e. The molecule has 2 aromatic rings. The zero-order valence-electron chi connectivity index (χ0n) is 12.9. The fraction of sp³-hybridized carbons (Fsp3) is 0.294. The highest BCUT2D eigenvalue weighted by Crippen LogP contribution is 2.37. The number of thiophene rings is 1. The Balaban J connectivity index is 1.82. The molecule has 0 aliphatic heterocycles. The number of nitrogens with one attached hydrogen (secondary N) is 1. The van der Waals surface area contributed by atoms with E-state index in [9.17, 15) is 14.7 Å². The van der Waals surface area contributed by atoms with Crippen molar-refractivity contribution in [3.63, 3.8) is 0 Å². The van der Waals surface area contributed by atoms with E-state index in [1.807, 2.05) is 24.3 Å². The van der Waals surface area contributed by atoms with E-state index < -0.39 is 17.9 Å². The van der Waals surface area contributed by atoms with E-state index in [-0.39, 0.29) is 5.92 Å². The molecule has 2 N–H and O–H groups in total. The van der Waals surface area contributed by atoms with Crippen molar-refractivity contribution in [3.8, 4) is 5.06 Å². The highest BCUT2D eigenvalue weighted by molar-refractivity contribution is 9.10. The predicted octanol–water partition coefficient (Wildman–Crippen LogP) is 3.43. The van der Waals surface area contributed by atoms with Gasteiger partial charge in [0.1, 0.15) is 6.04 Å². The summed E-state index contributed by atoms with van der Waals surface area (Å²) in [7, 11) is 1.52. The normalized spacial score (nSPS) is 17.2. The van der Waals surface area contributed by atoms with Crippen LogP contribution in [0.4, 0.5) is 0 Å². The Kier molecular flexibility index (Phi) is 4.91. The average molecular weight is 410 g/mol. The molecule has 5 nitrogen and oxygen atoms in total. The summed E-state index contributed by atoms with van der Waals surface area (Å²) in [4.78, 5) is 24.6. The first kappa shape index (κ1) is 17.0. The van der Waals surface area contributed by atoms with Gasteiger partial charge in [0.15, 0.2) is 5.06 Å². The van der Waals surface area contributed by atoms with E-state index in [0.717, 1.165) is 17.5 Å². The lowest BCUT2D eigenvalue weighted by Crippen LogP contribution is -2.44. The van der Waals surface area contributed by atoms with Crippen molar-refractivity contribution >= 4 is 39.1 Å². The van der Waals surface area contributed by atoms with Gasteiger partial charge in [-0.1, -0.05) is 35.6 Å². The first-order valence-corrected chi connectivity index (χ1v) is 9.07. The monoisotopic (exact) mass is 409 g/mol. The molecule has 0 saturated heterocycles. The summed E-state index contributed by atoms with van der Waals surface area (Å²) >= 11 is 4.49. The van der Waals surface area contributed by atoms with Crippen LogP contribution in [0, 0.1) is 0 Å². The third-order valence-electron chi connectivity index (χ3n) is 4.20. The number of carboxylic acids is 1. The van der Waals surface area contributed by atoms with Crippen LogP contribution >= 0.6 is 27.3 Å². The molecule has 1 aliphatic carbocycles. The molecule has 0 radical (unpaired) electrons. The molecule has 1 amide bonds. The average Bonchev–Trinajstić information content (AvgIpc) is 3.15. The van der Waals surface area contributed by atoms with E-state index >= 15 is 0 Å². The summed E-state index contributed by atoms with van der Waals surface area (Å²) in [5.74, 6) is -1.64. The van der Waals surface area contributed by atoms with Gasteiger partial charge in [-0.05, 0) is 46.0 Å². The lowest BCUT2D eigenvalue weighted by atomic mass is 9.93. The van der Waals surface area contributed by atoms with E-state index in [1.54, 1.807) is 6.07 Å². The van der Waals surface area contributed by atoms with Crippen LogP contribution in [0.1, 0.15) is 33.1 Å². The van der Waals surface area contributed by atoms with Crippen LogP contribution in [0.5, 0.6) is 5.06 Å². The van der Waals surface area contributed by atoms with Crippen molar-refractivity contribution in [2.24, 2.45) is 0 Å². The SMILES string of the molecule is COc1sc(C(=O)NC(C(=O)O)C2CCc3ccccc32)cc1Br. The number of fused-ring (bicyclic) bond motifs is 1. The molecule has 1 aliphatic rings. The van der Waals surface area contributed by atoms with Crippen LogP contribution in [-0.2, 0) is 11.2 Å². The highest BCUT2D eigenvalue weighted by atomic mass is 79.9. The number of aryl methyl sites for hydroxylation is 1. The van der Waals surface area contributed by atoms with Gasteiger partial charge in [-0.25, -0.2) is 4.79 Å². The third-order valence-corrected chi connectivity index (χ3v) is 6.15. The number of amides is 1. The van der Waals surface area contributed by atoms with Gasteiger partial charge in [0, 0.05) is 5.92 Å². The Morgan fingerprint density at radius 3 is 2.83 bits per heavy atom. The van der Waals surface area contributed by atoms with Crippen molar-refractivity contribution in [3.05, 3.63) is 50.8 Å². The molecule has 1 aromatic carbocycles. The molecular formula is C17H16BrNO4S. The molecule has 2 unspecified atom stereocenters. The number of hydrogen-bond donors (Lipinski definition) is 2. The zero-order valence-corrected chi connectivity index (χ0v) is 15.3. The molecule has 3 rings (SSSR count). The van der Waals surface area contributed by atoms with E-state index in [0.29, 0.717) is 20.8 Å². The van der Waals surface area contributed by atoms with Gasteiger partial charge < -0.3 is 15.2 Å². The number of ether oxygens (including phenoxy) is 1. The molecule has 126 valence electrons. The molecule has 7 heteroatoms. The minimum absolute atomic E-state index is 0.215. The van der Waals surface area contributed by atoms with Gasteiger partial charge in [-0.2, -0.15) is 0 Å². The maximum absolute atomic E-state index is 12.5. The Morgan fingerprint density at radius 1 is 1.42 bits per heavy atom. The van der Waals surface area contributed by atoms with Gasteiger partial charge in [-0.15, -0.1) is 0 Å². The topological polar surface area (TPSA) is 75.6 Å². The lowest BCUT2D eigenvalue weighted by molar-refractivity contribution is -0.139. The van der Waals surface area contributed by atoms with Crippen molar-refractivity contribution in [1.29, 1.82) is 0 Å². The molecular weight excluding hydrogens is 394 g/mol. The molecule has 24 heavy (non-hydrogen) atoms. The number of methoxy groups -OCH3 is 1. The summed E-state index contributed by atoms with van der Waals surface area (Å²) in [6.07, 6.45) is 1.55. The summed E-state index contributed by atoms with van der Waals surface area (Å²) in [5, 5.41) is 12.9. The second-order valence-electron chi connectivity index (χ2n) is 5.58. The summed E-state index contributed by atoms with van der Waals surface area (Å²) in [6, 6.07) is 8.50. The van der Waals surface area contributed by atoms with Crippen molar-refractivity contribution < 1.29 is 19.4 Å². The Morgan fingerprint density at radius 2 is 2.17 bits per heavy atom. The lowest BCUT2D eigenvalue weighted by Gasteiger charge is -2.21. The fourth-order valence-electron chi connectivity index (χ4n) is 3.09. The third kappa shape index (κ3) is 3.18. The minimum atomic E-state index is -1.02. The summed E-state index contributed by atoms with van der Waals surface area (Å²) in [5.41, 5.74) is 2.17. The molecule has 0 fully saturated rings. The van der Waals surface area contributed by atoms with Crippen LogP contribution in [0.15, 0.2) is 34.8 Å². The maximum atomic E-state index is 12.5. The first-order chi connectivity index (χ1) is 11.5. The quantitative estimate of drug-likeness (QED) is 0.792. The number of aliphatic carboxylic acids is 1. The molecule has 1 heterocycles. The van der Waals surface area contributed by atoms with E-state index in [2.05, 4.69) is 21.2 Å². The Hall–Kier alpha value is -1.86. The van der Waals surface area contributed by atoms with Crippen LogP contribution < -0.4 is 10.1 Å². The minimum Gasteiger partial charge on any atom is -0.486 e. The molecule has 0 saturated carbocycles. The molecule has 0 spiro atoms. The maximum Gasteiger partial charge on any atom is 0.326 e. The number of halogens is 1. The zero-order chi connectivity index (χ0) is 17.3. The van der Waals surface area contributed by atoms with Crippen LogP contribution in [0.3, 0.4) is 0 Å². The van der Waals surface area contributed by atoms with Crippen molar-refractivity contribution in [2.75, 3.05) is 7.11 Å². The summed E-state index contributed by atoms with van der Waals surface area (Å²) < 4.78 is 5.83. The second-order valence-corrected chi connectivity index (χ2v) is 7.45. The van der Waals surface area contributed by atoms with Gasteiger partial charge in [0.25, 0.3) is 5.91 Å². The molecule has 1 aromatic heterocycles. The van der Waals surface area contributed by atoms with Gasteiger partial charge in [0.2, 0.25) is 0 Å². The number of hydrogen-bond acceptors (Lipinski definition) is 4. The number of rotatable bonds is 5.